The third-order valence-electron chi connectivity index (χ3n) is 1.23. The summed E-state index contributed by atoms with van der Waals surface area (Å²) >= 11 is 0. The van der Waals surface area contributed by atoms with Crippen LogP contribution in [-0.4, -0.2) is 13.6 Å². The highest BCUT2D eigenvalue weighted by atomic mass is 16.3. The van der Waals surface area contributed by atoms with E-state index in [0.717, 1.165) is 19.2 Å². The molecule has 0 unspecified atom stereocenters. The molecule has 0 amide bonds. The highest BCUT2D eigenvalue weighted by Crippen LogP contribution is 1.91. The number of hydrogen-bond acceptors (Lipinski definition) is 2. The van der Waals surface area contributed by atoms with Gasteiger partial charge in [0.1, 0.15) is 0 Å². The highest BCUT2D eigenvalue weighted by Gasteiger charge is 2.00. The Morgan fingerprint density at radius 1 is 1.78 bits per heavy atom. The number of furan rings is 1. The molecular formula is C6H7BO2. The van der Waals surface area contributed by atoms with Crippen LogP contribution in [0.25, 0.3) is 0 Å². The lowest BCUT2D eigenvalue weighted by Gasteiger charge is -1.84. The molecule has 0 aliphatic heterocycles. The predicted octanol–water partition coefficient (Wildman–Crippen LogP) is 0.202. The second-order valence-corrected chi connectivity index (χ2v) is 1.77. The molecule has 46 valence electrons. The van der Waals surface area contributed by atoms with Crippen LogP contribution in [0.5, 0.6) is 0 Å². The first-order valence-corrected chi connectivity index (χ1v) is 2.90. The zero-order chi connectivity index (χ0) is 6.69. The summed E-state index contributed by atoms with van der Waals surface area (Å²) in [7, 11) is 0.779. The van der Waals surface area contributed by atoms with Gasteiger partial charge in [-0.2, -0.15) is 0 Å². The van der Waals surface area contributed by atoms with Gasteiger partial charge in [0.25, 0.3) is 0 Å². The van der Waals surface area contributed by atoms with Gasteiger partial charge >= 0.3 is 0 Å². The Morgan fingerprint density at radius 2 is 2.56 bits per heavy atom. The van der Waals surface area contributed by atoms with Crippen molar-refractivity contribution in [1.29, 1.82) is 0 Å². The molecule has 0 saturated heterocycles. The van der Waals surface area contributed by atoms with E-state index in [9.17, 15) is 4.79 Å². The van der Waals surface area contributed by atoms with E-state index >= 15 is 0 Å². The largest absolute Gasteiger partial charge is 0.479 e. The van der Waals surface area contributed by atoms with Crippen molar-refractivity contribution in [1.82, 2.24) is 0 Å². The number of aldehydes is 1. The van der Waals surface area contributed by atoms with Crippen molar-refractivity contribution < 1.29 is 9.21 Å². The van der Waals surface area contributed by atoms with Crippen LogP contribution in [0.15, 0.2) is 16.7 Å². The summed E-state index contributed by atoms with van der Waals surface area (Å²) in [6.45, 7) is 1.95. The fourth-order valence-corrected chi connectivity index (χ4v) is 0.743. The summed E-state index contributed by atoms with van der Waals surface area (Å²) in [6.07, 6.45) is 2.34. The van der Waals surface area contributed by atoms with Gasteiger partial charge in [-0.25, -0.2) is 0 Å². The molecule has 0 aromatic carbocycles. The minimum Gasteiger partial charge on any atom is -0.479 e. The van der Waals surface area contributed by atoms with E-state index in [-0.39, 0.29) is 0 Å². The monoisotopic (exact) mass is 122 g/mol. The third kappa shape index (κ3) is 1.04. The van der Waals surface area contributed by atoms with Gasteiger partial charge in [-0.15, -0.1) is 0 Å². The molecule has 0 spiro atoms. The van der Waals surface area contributed by atoms with Crippen molar-refractivity contribution in [2.24, 2.45) is 0 Å². The second kappa shape index (κ2) is 2.53. The van der Waals surface area contributed by atoms with Crippen molar-refractivity contribution >= 4 is 19.2 Å². The lowest BCUT2D eigenvalue weighted by atomic mass is 9.77. The van der Waals surface area contributed by atoms with Gasteiger partial charge in [-0.3, -0.25) is 4.79 Å². The lowest BCUT2D eigenvalue weighted by molar-refractivity contribution is 0.112. The Hall–Kier alpha value is -0.985. The Bertz CT molecular complexity index is 205. The van der Waals surface area contributed by atoms with Crippen molar-refractivity contribution in [3.63, 3.8) is 0 Å². The Balaban J connectivity index is 2.98. The van der Waals surface area contributed by atoms with Gasteiger partial charge in [0.05, 0.1) is 11.9 Å². The predicted molar refractivity (Wildman–Crippen MR) is 36.7 cm³/mol. The number of carbonyl (C=O) groups is 1. The zero-order valence-electron chi connectivity index (χ0n) is 5.26. The molecule has 1 rings (SSSR count). The number of hydrogen-bond donors (Lipinski definition) is 0. The maximum absolute atomic E-state index is 10.2. The molecule has 0 bridgehead atoms. The van der Waals surface area contributed by atoms with E-state index in [2.05, 4.69) is 0 Å². The van der Waals surface area contributed by atoms with E-state index < -0.39 is 0 Å². The van der Waals surface area contributed by atoms with Crippen molar-refractivity contribution in [3.05, 3.63) is 17.9 Å². The lowest BCUT2D eigenvalue weighted by Crippen LogP contribution is -2.11. The molecule has 2 nitrogen and oxygen atoms in total. The van der Waals surface area contributed by atoms with Crippen LogP contribution in [0.3, 0.4) is 0 Å². The topological polar surface area (TPSA) is 30.2 Å². The molecule has 1 aromatic rings. The summed E-state index contributed by atoms with van der Waals surface area (Å²) in [4.78, 5) is 10.2. The smallest absolute Gasteiger partial charge is 0.202 e. The summed E-state index contributed by atoms with van der Waals surface area (Å²) in [6, 6.07) is 1.67. The maximum Gasteiger partial charge on any atom is 0.202 e. The normalized spacial score (nSPS) is 9.00. The van der Waals surface area contributed by atoms with E-state index in [1.807, 2.05) is 6.82 Å². The molecule has 0 N–H and O–H groups in total. The van der Waals surface area contributed by atoms with Gasteiger partial charge in [0.15, 0.2) is 6.29 Å². The van der Waals surface area contributed by atoms with Crippen LogP contribution in [0.4, 0.5) is 0 Å². The molecule has 0 saturated carbocycles. The minimum atomic E-state index is 0.664. The zero-order valence-corrected chi connectivity index (χ0v) is 5.26. The van der Waals surface area contributed by atoms with Crippen molar-refractivity contribution in [3.8, 4) is 0 Å². The Kier molecular flexibility index (Phi) is 1.73. The average Bonchev–Trinajstić information content (AvgIpc) is 2.33. The summed E-state index contributed by atoms with van der Waals surface area (Å²) in [5.41, 5.74) is 1.43. The molecular weight excluding hydrogens is 115 g/mol. The first-order chi connectivity index (χ1) is 4.38. The van der Waals surface area contributed by atoms with E-state index in [0.29, 0.717) is 5.56 Å². The van der Waals surface area contributed by atoms with Crippen LogP contribution in [-0.2, 0) is 0 Å². The fourth-order valence-electron chi connectivity index (χ4n) is 0.743. The quantitative estimate of drug-likeness (QED) is 0.414. The first-order valence-electron chi connectivity index (χ1n) is 2.90. The van der Waals surface area contributed by atoms with Gasteiger partial charge < -0.3 is 4.42 Å². The average molecular weight is 122 g/mol. The van der Waals surface area contributed by atoms with Crippen LogP contribution in [0.1, 0.15) is 10.4 Å². The van der Waals surface area contributed by atoms with E-state index in [1.165, 1.54) is 6.26 Å². The second-order valence-electron chi connectivity index (χ2n) is 1.77. The molecule has 0 fully saturated rings. The van der Waals surface area contributed by atoms with Gasteiger partial charge in [0, 0.05) is 5.56 Å². The molecule has 0 aliphatic rings. The molecule has 9 heavy (non-hydrogen) atoms. The Morgan fingerprint density at radius 3 is 3.00 bits per heavy atom. The van der Waals surface area contributed by atoms with Gasteiger partial charge in [0.2, 0.25) is 7.28 Å². The highest BCUT2D eigenvalue weighted by molar-refractivity contribution is 6.51. The Labute approximate surface area is 54.1 Å². The van der Waals surface area contributed by atoms with Crippen LogP contribution in [0.2, 0.25) is 6.82 Å². The molecule has 0 radical (unpaired) electrons. The van der Waals surface area contributed by atoms with Crippen LogP contribution in [0, 0.1) is 0 Å². The molecule has 1 heterocycles. The summed E-state index contributed by atoms with van der Waals surface area (Å²) in [5, 5.41) is 0. The molecule has 3 heteroatoms. The standard InChI is InChI=1S/C6H7BO2/c1-7-6-5(4-8)2-3-9-6/h2-4,7H,1H3. The fraction of sp³-hybridized carbons (Fsp3) is 0.167. The van der Waals surface area contributed by atoms with Crippen molar-refractivity contribution in [2.75, 3.05) is 0 Å². The van der Waals surface area contributed by atoms with Crippen molar-refractivity contribution in [2.45, 2.75) is 6.82 Å². The minimum absolute atomic E-state index is 0.664. The van der Waals surface area contributed by atoms with Gasteiger partial charge in [-0.1, -0.05) is 6.82 Å². The third-order valence-corrected chi connectivity index (χ3v) is 1.23. The summed E-state index contributed by atoms with van der Waals surface area (Å²) < 4.78 is 4.97. The molecule has 0 atom stereocenters. The molecule has 0 aliphatic carbocycles. The van der Waals surface area contributed by atoms with E-state index in [4.69, 9.17) is 4.42 Å². The van der Waals surface area contributed by atoms with Crippen LogP contribution >= 0.6 is 0 Å². The van der Waals surface area contributed by atoms with Gasteiger partial charge in [-0.05, 0) is 6.07 Å². The maximum atomic E-state index is 10.2. The first kappa shape index (κ1) is 6.14. The van der Waals surface area contributed by atoms with E-state index in [1.54, 1.807) is 6.07 Å². The summed E-state index contributed by atoms with van der Waals surface area (Å²) in [5.74, 6) is 0. The molecule has 1 aromatic heterocycles. The SMILES string of the molecule is CBc1occc1C=O. The number of rotatable bonds is 2. The number of carbonyl (C=O) groups excluding carboxylic acids is 1. The van der Waals surface area contributed by atoms with Crippen LogP contribution < -0.4 is 5.66 Å².